The second-order valence-corrected chi connectivity index (χ2v) is 8.02. The van der Waals surface area contributed by atoms with Crippen molar-refractivity contribution in [1.82, 2.24) is 14.5 Å². The maximum atomic E-state index is 14.1. The summed E-state index contributed by atoms with van der Waals surface area (Å²) in [6.07, 6.45) is 1.29. The number of rotatable bonds is 6. The lowest BCUT2D eigenvalue weighted by Gasteiger charge is -2.19. The molecule has 0 aliphatic heterocycles. The lowest BCUT2D eigenvalue weighted by atomic mass is 9.97. The molecule has 4 aromatic rings. The third-order valence-electron chi connectivity index (χ3n) is 5.79. The SMILES string of the molecule is COC(=O)[C@H](Cc1cccc2c(-n3c(=O)ccn(C)c3=O)cccc12)NC(=O)c1c(F)cccc1F. The number of aryl methyl sites for hydroxylation is 1. The van der Waals surface area contributed by atoms with E-state index in [1.54, 1.807) is 36.4 Å². The van der Waals surface area contributed by atoms with Gasteiger partial charge in [0.2, 0.25) is 0 Å². The molecule has 3 aromatic carbocycles. The molecule has 1 N–H and O–H groups in total. The summed E-state index contributed by atoms with van der Waals surface area (Å²) in [5.41, 5.74) is -0.951. The molecule has 0 unspecified atom stereocenters. The molecule has 184 valence electrons. The number of aromatic nitrogens is 2. The summed E-state index contributed by atoms with van der Waals surface area (Å²) < 4.78 is 35.3. The lowest BCUT2D eigenvalue weighted by Crippen LogP contribution is -2.43. The highest BCUT2D eigenvalue weighted by atomic mass is 19.1. The van der Waals surface area contributed by atoms with Gasteiger partial charge in [0.15, 0.2) is 0 Å². The van der Waals surface area contributed by atoms with Gasteiger partial charge in [0.1, 0.15) is 23.2 Å². The highest BCUT2D eigenvalue weighted by Gasteiger charge is 2.26. The van der Waals surface area contributed by atoms with Gasteiger partial charge in [0, 0.05) is 31.1 Å². The molecule has 0 saturated heterocycles. The molecule has 10 heteroatoms. The van der Waals surface area contributed by atoms with E-state index in [2.05, 4.69) is 5.32 Å². The van der Waals surface area contributed by atoms with E-state index >= 15 is 0 Å². The molecule has 8 nitrogen and oxygen atoms in total. The number of esters is 1. The average molecular weight is 493 g/mol. The van der Waals surface area contributed by atoms with Crippen LogP contribution in [0.15, 0.2) is 76.4 Å². The second kappa shape index (κ2) is 9.95. The van der Waals surface area contributed by atoms with Crippen molar-refractivity contribution in [2.24, 2.45) is 7.05 Å². The van der Waals surface area contributed by atoms with Gasteiger partial charge in [-0.05, 0) is 29.1 Å². The van der Waals surface area contributed by atoms with Crippen molar-refractivity contribution < 1.29 is 23.1 Å². The molecule has 1 atom stereocenters. The third kappa shape index (κ3) is 4.52. The van der Waals surface area contributed by atoms with Gasteiger partial charge in [0.25, 0.3) is 11.5 Å². The number of ether oxygens (including phenoxy) is 1. The van der Waals surface area contributed by atoms with E-state index in [1.165, 1.54) is 23.9 Å². The van der Waals surface area contributed by atoms with Crippen LogP contribution in [0.25, 0.3) is 16.5 Å². The van der Waals surface area contributed by atoms with Crippen LogP contribution in [-0.2, 0) is 23.0 Å². The van der Waals surface area contributed by atoms with Crippen LogP contribution in [0.1, 0.15) is 15.9 Å². The fourth-order valence-corrected chi connectivity index (χ4v) is 4.02. The fourth-order valence-electron chi connectivity index (χ4n) is 4.02. The number of nitrogens with zero attached hydrogens (tertiary/aromatic N) is 2. The molecule has 36 heavy (non-hydrogen) atoms. The van der Waals surface area contributed by atoms with Gasteiger partial charge >= 0.3 is 11.7 Å². The van der Waals surface area contributed by atoms with Crippen LogP contribution in [-0.4, -0.2) is 34.2 Å². The van der Waals surface area contributed by atoms with E-state index in [9.17, 15) is 28.0 Å². The Bertz CT molecular complexity index is 1590. The topological polar surface area (TPSA) is 99.4 Å². The summed E-state index contributed by atoms with van der Waals surface area (Å²) >= 11 is 0. The number of fused-ring (bicyclic) bond motifs is 1. The molecule has 0 fully saturated rings. The first kappa shape index (κ1) is 24.5. The highest BCUT2D eigenvalue weighted by molar-refractivity contribution is 5.98. The minimum atomic E-state index is -1.27. The van der Waals surface area contributed by atoms with Gasteiger partial charge in [-0.15, -0.1) is 0 Å². The molecule has 0 bridgehead atoms. The maximum absolute atomic E-state index is 14.1. The predicted molar refractivity (Wildman–Crippen MR) is 128 cm³/mol. The molecule has 4 rings (SSSR count). The van der Waals surface area contributed by atoms with E-state index in [4.69, 9.17) is 4.74 Å². The average Bonchev–Trinajstić information content (AvgIpc) is 2.86. The quantitative estimate of drug-likeness (QED) is 0.416. The van der Waals surface area contributed by atoms with Crippen molar-refractivity contribution in [3.05, 3.63) is 110 Å². The zero-order chi connectivity index (χ0) is 26.0. The van der Waals surface area contributed by atoms with Crippen LogP contribution in [0, 0.1) is 11.6 Å². The first-order valence-electron chi connectivity index (χ1n) is 10.8. The van der Waals surface area contributed by atoms with Crippen LogP contribution >= 0.6 is 0 Å². The van der Waals surface area contributed by atoms with Gasteiger partial charge < -0.3 is 14.6 Å². The number of hydrogen-bond donors (Lipinski definition) is 1. The van der Waals surface area contributed by atoms with Crippen molar-refractivity contribution >= 4 is 22.6 Å². The smallest absolute Gasteiger partial charge is 0.335 e. The van der Waals surface area contributed by atoms with Crippen LogP contribution in [0.5, 0.6) is 0 Å². The summed E-state index contributed by atoms with van der Waals surface area (Å²) in [7, 11) is 2.65. The standard InChI is InChI=1S/C26H21F2N3O5/c1-30-13-12-22(32)31(26(30)35)21-11-4-7-16-15(6-3-8-17(16)21)14-20(25(34)36-2)29-24(33)23-18(27)9-5-10-19(23)28/h3-13,20H,14H2,1-2H3,(H,29,33)/t20-/m0/s1. The summed E-state index contributed by atoms with van der Waals surface area (Å²) in [6, 6.07) is 13.1. The number of amides is 1. The Kier molecular flexibility index (Phi) is 6.77. The number of carbonyl (C=O) groups is 2. The number of hydrogen-bond acceptors (Lipinski definition) is 5. The molecule has 0 saturated carbocycles. The van der Waals surface area contributed by atoms with Crippen molar-refractivity contribution in [2.45, 2.75) is 12.5 Å². The van der Waals surface area contributed by atoms with Gasteiger partial charge in [-0.25, -0.2) is 22.9 Å². The normalized spacial score (nSPS) is 11.8. The molecule has 0 aliphatic rings. The zero-order valence-corrected chi connectivity index (χ0v) is 19.3. The van der Waals surface area contributed by atoms with Crippen molar-refractivity contribution in [3.8, 4) is 5.69 Å². The highest BCUT2D eigenvalue weighted by Crippen LogP contribution is 2.25. The number of methoxy groups -OCH3 is 1. The molecule has 0 radical (unpaired) electrons. The lowest BCUT2D eigenvalue weighted by molar-refractivity contribution is -0.142. The molecule has 1 heterocycles. The Morgan fingerprint density at radius 1 is 0.944 bits per heavy atom. The summed E-state index contributed by atoms with van der Waals surface area (Å²) in [5, 5.41) is 3.50. The van der Waals surface area contributed by atoms with E-state index in [-0.39, 0.29) is 6.42 Å². The molecule has 0 aliphatic carbocycles. The van der Waals surface area contributed by atoms with Gasteiger partial charge in [-0.2, -0.15) is 0 Å². The molecular formula is C26H21F2N3O5. The van der Waals surface area contributed by atoms with E-state index in [0.717, 1.165) is 29.9 Å². The van der Waals surface area contributed by atoms with Crippen LogP contribution in [0.2, 0.25) is 0 Å². The molecular weight excluding hydrogens is 472 g/mol. The summed E-state index contributed by atoms with van der Waals surface area (Å²) in [6.45, 7) is 0. The van der Waals surface area contributed by atoms with Gasteiger partial charge in [0.05, 0.1) is 12.8 Å². The van der Waals surface area contributed by atoms with Crippen molar-refractivity contribution in [2.75, 3.05) is 7.11 Å². The first-order valence-corrected chi connectivity index (χ1v) is 10.8. The Labute approximate surface area is 203 Å². The molecule has 0 spiro atoms. The molecule has 1 amide bonds. The van der Waals surface area contributed by atoms with E-state index < -0.39 is 46.4 Å². The maximum Gasteiger partial charge on any atom is 0.335 e. The largest absolute Gasteiger partial charge is 0.467 e. The first-order chi connectivity index (χ1) is 17.2. The second-order valence-electron chi connectivity index (χ2n) is 8.02. The minimum Gasteiger partial charge on any atom is -0.467 e. The summed E-state index contributed by atoms with van der Waals surface area (Å²) in [5.74, 6) is -4.07. The number of nitrogens with one attached hydrogen (secondary N) is 1. The van der Waals surface area contributed by atoms with Gasteiger partial charge in [-0.3, -0.25) is 9.59 Å². The zero-order valence-electron chi connectivity index (χ0n) is 19.3. The Morgan fingerprint density at radius 3 is 2.28 bits per heavy atom. The van der Waals surface area contributed by atoms with Crippen molar-refractivity contribution in [3.63, 3.8) is 0 Å². The summed E-state index contributed by atoms with van der Waals surface area (Å²) in [4.78, 5) is 50.3. The predicted octanol–water partition coefficient (Wildman–Crippen LogP) is 2.48. The van der Waals surface area contributed by atoms with Gasteiger partial charge in [-0.1, -0.05) is 36.4 Å². The fraction of sp³-hybridized carbons (Fsp3) is 0.154. The minimum absolute atomic E-state index is 0.0863. The third-order valence-corrected chi connectivity index (χ3v) is 5.79. The number of halogens is 2. The Hall–Kier alpha value is -4.60. The van der Waals surface area contributed by atoms with E-state index in [1.807, 2.05) is 0 Å². The van der Waals surface area contributed by atoms with Crippen LogP contribution < -0.4 is 16.6 Å². The van der Waals surface area contributed by atoms with Crippen molar-refractivity contribution in [1.29, 1.82) is 0 Å². The number of carbonyl (C=O) groups excluding carboxylic acids is 2. The Balaban J connectivity index is 1.77. The van der Waals surface area contributed by atoms with E-state index in [0.29, 0.717) is 22.0 Å². The Morgan fingerprint density at radius 2 is 1.58 bits per heavy atom. The van der Waals surface area contributed by atoms with Crippen LogP contribution in [0.4, 0.5) is 8.78 Å². The van der Waals surface area contributed by atoms with Crippen LogP contribution in [0.3, 0.4) is 0 Å². The number of benzene rings is 3. The monoisotopic (exact) mass is 493 g/mol. The molecule has 1 aromatic heterocycles.